The number of fused-ring (bicyclic) bond motifs is 1. The van der Waals surface area contributed by atoms with Crippen LogP contribution in [0.25, 0.3) is 17.0 Å². The van der Waals surface area contributed by atoms with Crippen molar-refractivity contribution in [3.63, 3.8) is 0 Å². The van der Waals surface area contributed by atoms with Gasteiger partial charge in [-0.25, -0.2) is 0 Å². The Morgan fingerprint density at radius 3 is 2.84 bits per heavy atom. The molecule has 3 amide bonds. The van der Waals surface area contributed by atoms with E-state index in [0.29, 0.717) is 18.0 Å². The standard InChI is InChI=1S/C23H22BrN3O3S2/c1-2-3-8-27-22(29)20(32-23(27)30)10-15-13-26(19-7-6-16(24)11-18(15)19)14-21(28)25-12-17-5-4-9-31-17/h4-7,9-11,13H,2-3,8,12,14H2,1H3,(H,25,28)/b20-10-. The lowest BCUT2D eigenvalue weighted by molar-refractivity contribution is -0.123. The minimum absolute atomic E-state index is 0.0929. The van der Waals surface area contributed by atoms with Crippen LogP contribution in [0.2, 0.25) is 0 Å². The number of thioether (sulfide) groups is 1. The van der Waals surface area contributed by atoms with Gasteiger partial charge < -0.3 is 9.88 Å². The average Bonchev–Trinajstić information content (AvgIpc) is 3.46. The molecule has 1 aromatic carbocycles. The Bertz CT molecular complexity index is 1200. The summed E-state index contributed by atoms with van der Waals surface area (Å²) in [6, 6.07) is 9.77. The van der Waals surface area contributed by atoms with Crippen molar-refractivity contribution in [1.29, 1.82) is 0 Å². The Labute approximate surface area is 202 Å². The first-order valence-electron chi connectivity index (χ1n) is 10.3. The van der Waals surface area contributed by atoms with Gasteiger partial charge in [-0.3, -0.25) is 19.3 Å². The molecule has 166 valence electrons. The van der Waals surface area contributed by atoms with Crippen molar-refractivity contribution in [3.05, 3.63) is 61.7 Å². The van der Waals surface area contributed by atoms with Crippen LogP contribution in [0.1, 0.15) is 30.2 Å². The predicted molar refractivity (Wildman–Crippen MR) is 133 cm³/mol. The largest absolute Gasteiger partial charge is 0.350 e. The van der Waals surface area contributed by atoms with Crippen molar-refractivity contribution in [2.75, 3.05) is 6.54 Å². The highest BCUT2D eigenvalue weighted by molar-refractivity contribution is 9.10. The third-order valence-electron chi connectivity index (χ3n) is 5.12. The fourth-order valence-corrected chi connectivity index (χ4v) is 5.36. The van der Waals surface area contributed by atoms with E-state index in [1.165, 1.54) is 4.90 Å². The zero-order valence-electron chi connectivity index (χ0n) is 17.5. The summed E-state index contributed by atoms with van der Waals surface area (Å²) in [5, 5.41) is 5.61. The van der Waals surface area contributed by atoms with E-state index >= 15 is 0 Å². The number of hydrogen-bond acceptors (Lipinski definition) is 5. The second-order valence-electron chi connectivity index (χ2n) is 7.42. The van der Waals surface area contributed by atoms with Crippen LogP contribution in [0.5, 0.6) is 0 Å². The summed E-state index contributed by atoms with van der Waals surface area (Å²) in [6.07, 6.45) is 5.32. The number of benzene rings is 1. The summed E-state index contributed by atoms with van der Waals surface area (Å²) in [4.78, 5) is 40.4. The van der Waals surface area contributed by atoms with Crippen molar-refractivity contribution < 1.29 is 14.4 Å². The molecule has 4 rings (SSSR count). The van der Waals surface area contributed by atoms with Gasteiger partial charge in [0.25, 0.3) is 11.1 Å². The van der Waals surface area contributed by atoms with Gasteiger partial charge in [-0.1, -0.05) is 35.3 Å². The second-order valence-corrected chi connectivity index (χ2v) is 10.4. The van der Waals surface area contributed by atoms with E-state index in [9.17, 15) is 14.4 Å². The number of nitrogens with one attached hydrogen (secondary N) is 1. The fourth-order valence-electron chi connectivity index (χ4n) is 3.50. The number of rotatable bonds is 8. The van der Waals surface area contributed by atoms with E-state index in [2.05, 4.69) is 21.2 Å². The number of nitrogens with zero attached hydrogens (tertiary/aromatic N) is 2. The molecular weight excluding hydrogens is 510 g/mol. The van der Waals surface area contributed by atoms with Gasteiger partial charge in [-0.15, -0.1) is 11.3 Å². The van der Waals surface area contributed by atoms with Crippen molar-refractivity contribution in [1.82, 2.24) is 14.8 Å². The molecule has 1 saturated heterocycles. The van der Waals surface area contributed by atoms with E-state index in [4.69, 9.17) is 0 Å². The summed E-state index contributed by atoms with van der Waals surface area (Å²) in [5.74, 6) is -0.345. The Morgan fingerprint density at radius 1 is 1.25 bits per heavy atom. The van der Waals surface area contributed by atoms with Crippen LogP contribution in [0, 0.1) is 0 Å². The first kappa shape index (κ1) is 22.8. The lowest BCUT2D eigenvalue weighted by Crippen LogP contribution is -2.29. The fraction of sp³-hybridized carbons (Fsp3) is 0.261. The van der Waals surface area contributed by atoms with Crippen LogP contribution in [0.15, 0.2) is 51.3 Å². The first-order valence-corrected chi connectivity index (χ1v) is 12.8. The number of amides is 3. The summed E-state index contributed by atoms with van der Waals surface area (Å²) in [5.41, 5.74) is 1.68. The average molecular weight is 532 g/mol. The van der Waals surface area contributed by atoms with Gasteiger partial charge in [0.1, 0.15) is 6.54 Å². The van der Waals surface area contributed by atoms with Crippen LogP contribution in [0.3, 0.4) is 0 Å². The molecule has 0 atom stereocenters. The summed E-state index contributed by atoms with van der Waals surface area (Å²) >= 11 is 6.07. The highest BCUT2D eigenvalue weighted by atomic mass is 79.9. The third kappa shape index (κ3) is 5.00. The van der Waals surface area contributed by atoms with Crippen molar-refractivity contribution in [3.8, 4) is 0 Å². The molecule has 0 radical (unpaired) electrons. The number of thiophene rings is 1. The summed E-state index contributed by atoms with van der Waals surface area (Å²) < 4.78 is 2.77. The second kappa shape index (κ2) is 10.1. The Hall–Kier alpha value is -2.36. The van der Waals surface area contributed by atoms with E-state index in [1.54, 1.807) is 17.4 Å². The number of imide groups is 1. The van der Waals surface area contributed by atoms with E-state index < -0.39 is 0 Å². The molecule has 6 nitrogen and oxygen atoms in total. The molecule has 1 fully saturated rings. The van der Waals surface area contributed by atoms with Gasteiger partial charge in [0.15, 0.2) is 0 Å². The highest BCUT2D eigenvalue weighted by Crippen LogP contribution is 2.35. The maximum Gasteiger partial charge on any atom is 0.293 e. The molecule has 2 aromatic heterocycles. The number of hydrogen-bond donors (Lipinski definition) is 1. The lowest BCUT2D eigenvalue weighted by Gasteiger charge is -2.10. The smallest absolute Gasteiger partial charge is 0.293 e. The SMILES string of the molecule is CCCCN1C(=O)S/C(=C\c2cn(CC(=O)NCc3cccs3)c3ccc(Br)cc23)C1=O. The normalized spacial score (nSPS) is 15.3. The molecule has 0 saturated carbocycles. The van der Waals surface area contributed by atoms with E-state index in [1.807, 2.05) is 53.4 Å². The number of aromatic nitrogens is 1. The van der Waals surface area contributed by atoms with Crippen LogP contribution in [-0.2, 0) is 22.7 Å². The summed E-state index contributed by atoms with van der Waals surface area (Å²) in [6.45, 7) is 3.13. The number of carbonyl (C=O) groups excluding carboxylic acids is 3. The molecule has 1 aliphatic heterocycles. The Balaban J connectivity index is 1.59. The molecular formula is C23H22BrN3O3S2. The molecule has 3 aromatic rings. The molecule has 0 aliphatic carbocycles. The van der Waals surface area contributed by atoms with Crippen LogP contribution in [0.4, 0.5) is 4.79 Å². The number of carbonyl (C=O) groups is 3. The maximum atomic E-state index is 12.7. The Morgan fingerprint density at radius 2 is 2.09 bits per heavy atom. The summed E-state index contributed by atoms with van der Waals surface area (Å²) in [7, 11) is 0. The maximum absolute atomic E-state index is 12.7. The van der Waals surface area contributed by atoms with Crippen molar-refractivity contribution in [2.45, 2.75) is 32.9 Å². The molecule has 9 heteroatoms. The van der Waals surface area contributed by atoms with Crippen LogP contribution >= 0.6 is 39.0 Å². The highest BCUT2D eigenvalue weighted by Gasteiger charge is 2.34. The van der Waals surface area contributed by atoms with E-state index in [-0.39, 0.29) is 23.6 Å². The van der Waals surface area contributed by atoms with Crippen molar-refractivity contribution in [2.24, 2.45) is 0 Å². The van der Waals surface area contributed by atoms with Crippen LogP contribution in [-0.4, -0.2) is 33.1 Å². The van der Waals surface area contributed by atoms with Gasteiger partial charge in [0.2, 0.25) is 5.91 Å². The minimum Gasteiger partial charge on any atom is -0.350 e. The monoisotopic (exact) mass is 531 g/mol. The minimum atomic E-state index is -0.252. The molecule has 1 N–H and O–H groups in total. The third-order valence-corrected chi connectivity index (χ3v) is 7.40. The first-order chi connectivity index (χ1) is 15.5. The Kier molecular flexibility index (Phi) is 7.17. The van der Waals surface area contributed by atoms with Gasteiger partial charge in [-0.2, -0.15) is 0 Å². The van der Waals surface area contributed by atoms with Gasteiger partial charge in [0, 0.05) is 38.6 Å². The lowest BCUT2D eigenvalue weighted by atomic mass is 10.1. The van der Waals surface area contributed by atoms with E-state index in [0.717, 1.165) is 50.4 Å². The molecule has 0 unspecified atom stereocenters. The van der Waals surface area contributed by atoms with Crippen LogP contribution < -0.4 is 5.32 Å². The predicted octanol–water partition coefficient (Wildman–Crippen LogP) is 5.62. The number of unbranched alkanes of at least 4 members (excludes halogenated alkanes) is 1. The molecule has 0 bridgehead atoms. The van der Waals surface area contributed by atoms with Gasteiger partial charge in [-0.05, 0) is 53.9 Å². The molecule has 32 heavy (non-hydrogen) atoms. The quantitative estimate of drug-likeness (QED) is 0.383. The number of halogens is 1. The topological polar surface area (TPSA) is 71.4 Å². The zero-order valence-corrected chi connectivity index (χ0v) is 20.7. The molecule has 3 heterocycles. The van der Waals surface area contributed by atoms with Gasteiger partial charge in [0.05, 0.1) is 11.4 Å². The molecule has 0 spiro atoms. The molecule has 1 aliphatic rings. The zero-order chi connectivity index (χ0) is 22.7. The van der Waals surface area contributed by atoms with Gasteiger partial charge >= 0.3 is 0 Å². The van der Waals surface area contributed by atoms with Crippen molar-refractivity contribution >= 4 is 73.1 Å².